The highest BCUT2D eigenvalue weighted by atomic mass is 32.2. The van der Waals surface area contributed by atoms with Crippen LogP contribution in [0.3, 0.4) is 0 Å². The summed E-state index contributed by atoms with van der Waals surface area (Å²) < 4.78 is 10.3. The molecule has 15 heteroatoms. The fourth-order valence-electron chi connectivity index (χ4n) is 3.86. The first kappa shape index (κ1) is 29.7. The van der Waals surface area contributed by atoms with Gasteiger partial charge in [-0.1, -0.05) is 23.4 Å². The van der Waals surface area contributed by atoms with Gasteiger partial charge in [-0.05, 0) is 44.9 Å². The molecule has 4 rings (SSSR count). The van der Waals surface area contributed by atoms with Crippen LogP contribution in [0.15, 0.2) is 46.2 Å². The molecule has 1 saturated heterocycles. The van der Waals surface area contributed by atoms with E-state index >= 15 is 0 Å². The molecule has 1 fully saturated rings. The van der Waals surface area contributed by atoms with Crippen LogP contribution >= 0.6 is 23.1 Å². The molecule has 0 radical (unpaired) electrons. The molecular weight excluding hydrogens is 572 g/mol. The SMILES string of the molecule is Cc1ncccc1/C=C\C1=C(C(=O)OCOC(=O)C(C)(C)C)N2C(=O)[C@@H](NC(=O)/C(=N\O)c3csc(N)n3)[C@H]2SC1. The van der Waals surface area contributed by atoms with Crippen molar-refractivity contribution in [2.45, 2.75) is 39.1 Å². The molecule has 0 spiro atoms. The van der Waals surface area contributed by atoms with Gasteiger partial charge in [0.25, 0.3) is 11.8 Å². The summed E-state index contributed by atoms with van der Waals surface area (Å²) in [5.41, 5.74) is 6.51. The molecule has 0 bridgehead atoms. The summed E-state index contributed by atoms with van der Waals surface area (Å²) in [5, 5.41) is 15.9. The lowest BCUT2D eigenvalue weighted by atomic mass is 9.98. The second-order valence-electron chi connectivity index (χ2n) is 10.00. The summed E-state index contributed by atoms with van der Waals surface area (Å²) in [6.45, 7) is 6.19. The number of thioether (sulfide) groups is 1. The Bertz CT molecular complexity index is 1480. The molecule has 0 saturated carbocycles. The Balaban J connectivity index is 1.56. The van der Waals surface area contributed by atoms with Gasteiger partial charge in [-0.15, -0.1) is 23.1 Å². The van der Waals surface area contributed by atoms with E-state index in [1.54, 1.807) is 45.2 Å². The van der Waals surface area contributed by atoms with E-state index in [0.29, 0.717) is 11.3 Å². The number of nitrogens with two attached hydrogens (primary N) is 1. The Kier molecular flexibility index (Phi) is 8.77. The standard InChI is InChI=1S/C26H28N6O7S2/c1-13-14(6-5-9-28-13)7-8-15-10-40-22-18(30-20(33)17(31-37)16-11-41-25(27)29-16)21(34)32(22)19(15)23(35)38-12-39-24(36)26(2,3)4/h5-9,11,18,22,37H,10,12H2,1-4H3,(H2,27,29)(H,30,33)/b8-7-,31-17-/t18-,22-/m1/s1. The summed E-state index contributed by atoms with van der Waals surface area (Å²) in [7, 11) is 0. The number of carbonyl (C=O) groups is 4. The van der Waals surface area contributed by atoms with E-state index in [4.69, 9.17) is 15.2 Å². The van der Waals surface area contributed by atoms with Gasteiger partial charge in [-0.3, -0.25) is 24.3 Å². The molecule has 2 aliphatic rings. The number of nitrogens with one attached hydrogen (secondary N) is 1. The van der Waals surface area contributed by atoms with E-state index in [1.165, 1.54) is 22.0 Å². The number of amides is 2. The number of β-lactam (4-membered cyclic amide) rings is 1. The van der Waals surface area contributed by atoms with Crippen molar-refractivity contribution in [1.82, 2.24) is 20.2 Å². The van der Waals surface area contributed by atoms with Crippen molar-refractivity contribution in [3.05, 3.63) is 58.0 Å². The number of aryl methyl sites for hydroxylation is 1. The van der Waals surface area contributed by atoms with Crippen LogP contribution in [0, 0.1) is 12.3 Å². The molecule has 4 N–H and O–H groups in total. The number of nitrogen functional groups attached to an aromatic ring is 1. The first-order chi connectivity index (χ1) is 19.4. The van der Waals surface area contributed by atoms with Crippen LogP contribution in [-0.4, -0.2) is 73.5 Å². The van der Waals surface area contributed by atoms with Gasteiger partial charge < -0.3 is 25.7 Å². The van der Waals surface area contributed by atoms with E-state index in [2.05, 4.69) is 20.4 Å². The van der Waals surface area contributed by atoms with E-state index in [1.807, 2.05) is 13.0 Å². The zero-order valence-electron chi connectivity index (χ0n) is 22.6. The van der Waals surface area contributed by atoms with Crippen molar-refractivity contribution in [2.75, 3.05) is 18.3 Å². The third kappa shape index (κ3) is 6.41. The molecule has 2 amide bonds. The Hall–Kier alpha value is -4.24. The average molecular weight is 601 g/mol. The second kappa shape index (κ2) is 12.1. The summed E-state index contributed by atoms with van der Waals surface area (Å²) in [4.78, 5) is 60.9. The number of pyridine rings is 1. The maximum Gasteiger partial charge on any atom is 0.358 e. The number of esters is 2. The van der Waals surface area contributed by atoms with E-state index in [0.717, 1.165) is 22.6 Å². The van der Waals surface area contributed by atoms with Crippen LogP contribution < -0.4 is 11.1 Å². The number of anilines is 1. The topological polar surface area (TPSA) is 186 Å². The third-order valence-electron chi connectivity index (χ3n) is 6.06. The number of rotatable bonds is 8. The summed E-state index contributed by atoms with van der Waals surface area (Å²) in [6, 6.07) is 2.62. The van der Waals surface area contributed by atoms with Gasteiger partial charge in [-0.25, -0.2) is 9.78 Å². The molecular formula is C26H28N6O7S2. The highest BCUT2D eigenvalue weighted by Gasteiger charge is 2.54. The Morgan fingerprint density at radius 3 is 2.68 bits per heavy atom. The Morgan fingerprint density at radius 2 is 2.05 bits per heavy atom. The number of aromatic nitrogens is 2. The van der Waals surface area contributed by atoms with Gasteiger partial charge in [0.05, 0.1) is 5.41 Å². The minimum absolute atomic E-state index is 0.0304. The van der Waals surface area contributed by atoms with Crippen molar-refractivity contribution < 1.29 is 33.9 Å². The molecule has 0 aromatic carbocycles. The van der Waals surface area contributed by atoms with Gasteiger partial charge in [0, 0.05) is 23.0 Å². The monoisotopic (exact) mass is 600 g/mol. The lowest BCUT2D eigenvalue weighted by Gasteiger charge is -2.49. The third-order valence-corrected chi connectivity index (χ3v) is 8.04. The second-order valence-corrected chi connectivity index (χ2v) is 12.0. The molecule has 41 heavy (non-hydrogen) atoms. The zero-order chi connectivity index (χ0) is 29.9. The van der Waals surface area contributed by atoms with E-state index in [9.17, 15) is 24.4 Å². The molecule has 2 aromatic rings. The minimum Gasteiger partial charge on any atom is -0.427 e. The van der Waals surface area contributed by atoms with Crippen LogP contribution in [-0.2, 0) is 28.7 Å². The molecule has 0 aliphatic carbocycles. The van der Waals surface area contributed by atoms with Gasteiger partial charge in [0.2, 0.25) is 6.79 Å². The lowest BCUT2D eigenvalue weighted by molar-refractivity contribution is -0.173. The fourth-order valence-corrected chi connectivity index (χ4v) is 5.73. The lowest BCUT2D eigenvalue weighted by Crippen LogP contribution is -2.71. The van der Waals surface area contributed by atoms with Gasteiger partial charge in [-0.2, -0.15) is 0 Å². The number of hydrogen-bond acceptors (Lipinski definition) is 13. The molecule has 2 aromatic heterocycles. The predicted molar refractivity (Wildman–Crippen MR) is 151 cm³/mol. The number of allylic oxidation sites excluding steroid dienone is 1. The number of hydrogen-bond donors (Lipinski definition) is 3. The van der Waals surface area contributed by atoms with Gasteiger partial charge in [0.1, 0.15) is 22.8 Å². The van der Waals surface area contributed by atoms with Crippen LogP contribution in [0.2, 0.25) is 0 Å². The molecule has 0 unspecified atom stereocenters. The number of thiazole rings is 1. The predicted octanol–water partition coefficient (Wildman–Crippen LogP) is 2.06. The van der Waals surface area contributed by atoms with Crippen LogP contribution in [0.5, 0.6) is 0 Å². The van der Waals surface area contributed by atoms with Crippen LogP contribution in [0.1, 0.15) is 37.7 Å². The molecule has 4 heterocycles. The quantitative estimate of drug-likeness (QED) is 0.101. The van der Waals surface area contributed by atoms with Crippen LogP contribution in [0.25, 0.3) is 6.08 Å². The molecule has 2 aliphatic heterocycles. The van der Waals surface area contributed by atoms with Crippen molar-refractivity contribution >= 4 is 63.8 Å². The summed E-state index contributed by atoms with van der Waals surface area (Å²) >= 11 is 2.38. The smallest absolute Gasteiger partial charge is 0.358 e. The van der Waals surface area contributed by atoms with E-state index in [-0.39, 0.29) is 16.5 Å². The Labute approximate surface area is 243 Å². The summed E-state index contributed by atoms with van der Waals surface area (Å²) in [6.07, 6.45) is 5.14. The fraction of sp³-hybridized carbons (Fsp3) is 0.346. The largest absolute Gasteiger partial charge is 0.427 e. The first-order valence-electron chi connectivity index (χ1n) is 12.3. The average Bonchev–Trinajstić information content (AvgIpc) is 3.35. The van der Waals surface area contributed by atoms with Gasteiger partial charge >= 0.3 is 11.9 Å². The number of nitrogens with zero attached hydrogens (tertiary/aromatic N) is 4. The Morgan fingerprint density at radius 1 is 1.29 bits per heavy atom. The molecule has 2 atom stereocenters. The minimum atomic E-state index is -1.02. The maximum absolute atomic E-state index is 13.3. The van der Waals surface area contributed by atoms with Gasteiger partial charge in [0.15, 0.2) is 10.8 Å². The van der Waals surface area contributed by atoms with Crippen molar-refractivity contribution in [3.8, 4) is 0 Å². The van der Waals surface area contributed by atoms with Crippen LogP contribution in [0.4, 0.5) is 5.13 Å². The highest BCUT2D eigenvalue weighted by molar-refractivity contribution is 8.00. The number of ether oxygens (including phenoxy) is 2. The summed E-state index contributed by atoms with van der Waals surface area (Å²) in [5.74, 6) is -2.54. The van der Waals surface area contributed by atoms with Crippen molar-refractivity contribution in [3.63, 3.8) is 0 Å². The highest BCUT2D eigenvalue weighted by Crippen LogP contribution is 2.41. The molecule has 216 valence electrons. The number of oxime groups is 1. The normalized spacial score (nSPS) is 19.1. The van der Waals surface area contributed by atoms with Crippen molar-refractivity contribution in [2.24, 2.45) is 10.6 Å². The number of fused-ring (bicyclic) bond motifs is 1. The van der Waals surface area contributed by atoms with Crippen molar-refractivity contribution in [1.29, 1.82) is 0 Å². The first-order valence-corrected chi connectivity index (χ1v) is 14.2. The maximum atomic E-state index is 13.3. The van der Waals surface area contributed by atoms with E-state index < -0.39 is 53.1 Å². The number of carbonyl (C=O) groups excluding carboxylic acids is 4. The zero-order valence-corrected chi connectivity index (χ0v) is 24.2. The molecule has 13 nitrogen and oxygen atoms in total.